The van der Waals surface area contributed by atoms with E-state index in [1.165, 1.54) is 15.6 Å². The first-order valence-electron chi connectivity index (χ1n) is 7.34. The third-order valence-electron chi connectivity index (χ3n) is 3.67. The van der Waals surface area contributed by atoms with Crippen molar-refractivity contribution in [2.45, 2.75) is 30.9 Å². The third-order valence-corrected chi connectivity index (χ3v) is 7.66. The van der Waals surface area contributed by atoms with Gasteiger partial charge >= 0.3 is 0 Å². The predicted octanol–water partition coefficient (Wildman–Crippen LogP) is 2.78. The van der Waals surface area contributed by atoms with Crippen LogP contribution in [0, 0.1) is 5.92 Å². The van der Waals surface area contributed by atoms with Crippen LogP contribution in [0.25, 0.3) is 0 Å². The molecule has 8 heteroatoms. The van der Waals surface area contributed by atoms with E-state index in [2.05, 4.69) is 29.8 Å². The van der Waals surface area contributed by atoms with Gasteiger partial charge in [-0.15, -0.1) is 11.3 Å². The van der Waals surface area contributed by atoms with E-state index in [0.717, 1.165) is 10.2 Å². The number of rotatable bonds is 5. The Morgan fingerprint density at radius 3 is 2.41 bits per heavy atom. The van der Waals surface area contributed by atoms with Crippen molar-refractivity contribution in [2.24, 2.45) is 5.92 Å². The van der Waals surface area contributed by atoms with Crippen molar-refractivity contribution in [1.82, 2.24) is 9.21 Å². The largest absolute Gasteiger partial charge is 0.340 e. The molecule has 2 heterocycles. The molecule has 0 saturated carbocycles. The third kappa shape index (κ3) is 4.31. The van der Waals surface area contributed by atoms with Crippen molar-refractivity contribution in [1.29, 1.82) is 0 Å². The Balaban J connectivity index is 1.93. The summed E-state index contributed by atoms with van der Waals surface area (Å²) in [6.45, 7) is 5.87. The second kappa shape index (κ2) is 7.42. The summed E-state index contributed by atoms with van der Waals surface area (Å²) in [7, 11) is -3.43. The average molecular weight is 409 g/mol. The highest BCUT2D eigenvalue weighted by Gasteiger charge is 2.30. The van der Waals surface area contributed by atoms with Crippen LogP contribution in [0.2, 0.25) is 0 Å². The van der Waals surface area contributed by atoms with Gasteiger partial charge in [0.2, 0.25) is 5.91 Å². The molecule has 2 rings (SSSR count). The van der Waals surface area contributed by atoms with E-state index in [4.69, 9.17) is 0 Å². The first-order chi connectivity index (χ1) is 10.3. The summed E-state index contributed by atoms with van der Waals surface area (Å²) >= 11 is 4.50. The summed E-state index contributed by atoms with van der Waals surface area (Å²) in [5.41, 5.74) is 0. The van der Waals surface area contributed by atoms with Crippen molar-refractivity contribution in [3.05, 3.63) is 15.9 Å². The minimum atomic E-state index is -3.43. The molecule has 0 bridgehead atoms. The van der Waals surface area contributed by atoms with Crippen LogP contribution in [0.3, 0.4) is 0 Å². The first-order valence-corrected chi connectivity index (χ1v) is 10.4. The van der Waals surface area contributed by atoms with Gasteiger partial charge in [0.25, 0.3) is 10.0 Å². The van der Waals surface area contributed by atoms with E-state index in [-0.39, 0.29) is 5.91 Å². The predicted molar refractivity (Wildman–Crippen MR) is 91.4 cm³/mol. The van der Waals surface area contributed by atoms with E-state index in [1.807, 2.05) is 0 Å². The van der Waals surface area contributed by atoms with Crippen LogP contribution in [0.15, 0.2) is 20.1 Å². The molecule has 22 heavy (non-hydrogen) atoms. The SMILES string of the molecule is CC(C)CCC(=O)N1CCN(S(=O)(=O)c2ccc(Br)s2)CC1. The first kappa shape index (κ1) is 17.9. The molecule has 0 radical (unpaired) electrons. The molecule has 0 N–H and O–H groups in total. The quantitative estimate of drug-likeness (QED) is 0.752. The number of carbonyl (C=O) groups is 1. The lowest BCUT2D eigenvalue weighted by Gasteiger charge is -2.33. The molecule has 1 aromatic heterocycles. The fourth-order valence-electron chi connectivity index (χ4n) is 2.31. The molecule has 1 aliphatic heterocycles. The summed E-state index contributed by atoms with van der Waals surface area (Å²) < 4.78 is 27.6. The van der Waals surface area contributed by atoms with E-state index in [9.17, 15) is 13.2 Å². The van der Waals surface area contributed by atoms with E-state index >= 15 is 0 Å². The molecule has 1 aromatic rings. The lowest BCUT2D eigenvalue weighted by Crippen LogP contribution is -2.50. The van der Waals surface area contributed by atoms with Gasteiger partial charge in [-0.05, 0) is 40.4 Å². The zero-order valence-electron chi connectivity index (χ0n) is 12.8. The molecule has 1 saturated heterocycles. The average Bonchev–Trinajstić information content (AvgIpc) is 2.92. The number of amides is 1. The van der Waals surface area contributed by atoms with Gasteiger partial charge in [-0.2, -0.15) is 4.31 Å². The molecule has 1 fully saturated rings. The highest BCUT2D eigenvalue weighted by molar-refractivity contribution is 9.11. The minimum absolute atomic E-state index is 0.129. The van der Waals surface area contributed by atoms with Crippen LogP contribution < -0.4 is 0 Å². The molecule has 1 aliphatic rings. The summed E-state index contributed by atoms with van der Waals surface area (Å²) in [5.74, 6) is 0.632. The smallest absolute Gasteiger partial charge is 0.252 e. The Bertz CT molecular complexity index is 620. The van der Waals surface area contributed by atoms with Gasteiger partial charge < -0.3 is 4.90 Å². The van der Waals surface area contributed by atoms with Gasteiger partial charge in [0, 0.05) is 32.6 Å². The zero-order chi connectivity index (χ0) is 16.3. The number of hydrogen-bond acceptors (Lipinski definition) is 4. The van der Waals surface area contributed by atoms with Crippen LogP contribution in [0.5, 0.6) is 0 Å². The van der Waals surface area contributed by atoms with Crippen molar-refractivity contribution in [2.75, 3.05) is 26.2 Å². The van der Waals surface area contributed by atoms with Gasteiger partial charge in [-0.3, -0.25) is 4.79 Å². The summed E-state index contributed by atoms with van der Waals surface area (Å²) in [6.07, 6.45) is 1.42. The van der Waals surface area contributed by atoms with Gasteiger partial charge in [-0.25, -0.2) is 8.42 Å². The molecule has 0 aliphatic carbocycles. The van der Waals surface area contributed by atoms with Crippen molar-refractivity contribution < 1.29 is 13.2 Å². The Labute approximate surface area is 144 Å². The second-order valence-corrected chi connectivity index (χ2v) is 10.4. The zero-order valence-corrected chi connectivity index (χ0v) is 16.0. The summed E-state index contributed by atoms with van der Waals surface area (Å²) in [5, 5.41) is 0. The van der Waals surface area contributed by atoms with Crippen LogP contribution >= 0.6 is 27.3 Å². The summed E-state index contributed by atoms with van der Waals surface area (Å²) in [4.78, 5) is 13.9. The molecule has 1 amide bonds. The maximum Gasteiger partial charge on any atom is 0.252 e. The highest BCUT2D eigenvalue weighted by Crippen LogP contribution is 2.29. The van der Waals surface area contributed by atoms with Gasteiger partial charge in [0.05, 0.1) is 3.79 Å². The Morgan fingerprint density at radius 1 is 1.27 bits per heavy atom. The van der Waals surface area contributed by atoms with Gasteiger partial charge in [0.15, 0.2) is 0 Å². The fraction of sp³-hybridized carbons (Fsp3) is 0.643. The van der Waals surface area contributed by atoms with Crippen LogP contribution in [-0.4, -0.2) is 49.7 Å². The standard InChI is InChI=1S/C14H21BrN2O3S2/c1-11(2)3-5-13(18)16-7-9-17(10-8-16)22(19,20)14-6-4-12(15)21-14/h4,6,11H,3,5,7-10H2,1-2H3. The Hall–Kier alpha value is -0.440. The van der Waals surface area contributed by atoms with E-state index in [1.54, 1.807) is 17.0 Å². The lowest BCUT2D eigenvalue weighted by molar-refractivity contribution is -0.132. The van der Waals surface area contributed by atoms with Gasteiger partial charge in [-0.1, -0.05) is 13.8 Å². The topological polar surface area (TPSA) is 57.7 Å². The number of halogens is 1. The molecule has 124 valence electrons. The minimum Gasteiger partial charge on any atom is -0.340 e. The van der Waals surface area contributed by atoms with Crippen LogP contribution in [0.1, 0.15) is 26.7 Å². The van der Waals surface area contributed by atoms with Crippen LogP contribution in [0.4, 0.5) is 0 Å². The molecule has 0 atom stereocenters. The number of thiophene rings is 1. The number of carbonyl (C=O) groups excluding carboxylic acids is 1. The van der Waals surface area contributed by atoms with Crippen molar-refractivity contribution >= 4 is 43.2 Å². The normalized spacial score (nSPS) is 17.2. The summed E-state index contributed by atoms with van der Waals surface area (Å²) in [6, 6.07) is 3.35. The van der Waals surface area contributed by atoms with E-state index in [0.29, 0.717) is 42.7 Å². The monoisotopic (exact) mass is 408 g/mol. The molecule has 0 unspecified atom stereocenters. The lowest BCUT2D eigenvalue weighted by atomic mass is 10.1. The number of nitrogens with zero attached hydrogens (tertiary/aromatic N) is 2. The highest BCUT2D eigenvalue weighted by atomic mass is 79.9. The molecular formula is C14H21BrN2O3S2. The number of piperazine rings is 1. The number of sulfonamides is 1. The van der Waals surface area contributed by atoms with Crippen LogP contribution in [-0.2, 0) is 14.8 Å². The maximum atomic E-state index is 12.5. The fourth-order valence-corrected chi connectivity index (χ4v) is 5.90. The van der Waals surface area contributed by atoms with Crippen molar-refractivity contribution in [3.63, 3.8) is 0 Å². The van der Waals surface area contributed by atoms with Gasteiger partial charge in [0.1, 0.15) is 4.21 Å². The van der Waals surface area contributed by atoms with Crippen molar-refractivity contribution in [3.8, 4) is 0 Å². The molecular weight excluding hydrogens is 388 g/mol. The molecule has 0 spiro atoms. The second-order valence-electron chi connectivity index (χ2n) is 5.78. The molecule has 5 nitrogen and oxygen atoms in total. The van der Waals surface area contributed by atoms with E-state index < -0.39 is 10.0 Å². The maximum absolute atomic E-state index is 12.5. The number of hydrogen-bond donors (Lipinski definition) is 0. The molecule has 0 aromatic carbocycles. The Kier molecular flexibility index (Phi) is 6.04. The Morgan fingerprint density at radius 2 is 1.91 bits per heavy atom.